The molecule has 0 N–H and O–H groups in total. The van der Waals surface area contributed by atoms with Gasteiger partial charge in [-0.05, 0) is 31.2 Å². The number of carbonyl (C=O) groups is 1. The molecule has 1 aromatic carbocycles. The summed E-state index contributed by atoms with van der Waals surface area (Å²) < 4.78 is 7.02. The van der Waals surface area contributed by atoms with Crippen molar-refractivity contribution in [3.63, 3.8) is 0 Å². The van der Waals surface area contributed by atoms with Crippen molar-refractivity contribution >= 4 is 5.97 Å². The van der Waals surface area contributed by atoms with E-state index in [9.17, 15) is 4.79 Å². The molecule has 0 aliphatic carbocycles. The highest BCUT2D eigenvalue weighted by Gasteiger charge is 2.17. The Bertz CT molecular complexity index is 756. The van der Waals surface area contributed by atoms with Gasteiger partial charge in [0.1, 0.15) is 11.8 Å². The highest BCUT2D eigenvalue weighted by molar-refractivity contribution is 5.89. The molecule has 2 aromatic heterocycles. The molecule has 0 bridgehead atoms. The molecular weight excluding hydrogens is 280 g/mol. The highest BCUT2D eigenvalue weighted by atomic mass is 16.5. The quantitative estimate of drug-likeness (QED) is 0.692. The summed E-state index contributed by atoms with van der Waals surface area (Å²) in [6, 6.07) is 13.0. The summed E-state index contributed by atoms with van der Waals surface area (Å²) in [5, 5.41) is 8.11. The zero-order chi connectivity index (χ0) is 15.4. The van der Waals surface area contributed by atoms with E-state index < -0.39 is 12.1 Å². The van der Waals surface area contributed by atoms with Gasteiger partial charge >= 0.3 is 5.97 Å². The molecule has 0 aliphatic heterocycles. The number of aromatic nitrogens is 4. The summed E-state index contributed by atoms with van der Waals surface area (Å²) in [4.78, 5) is 15.9. The number of ether oxygens (including phenoxy) is 1. The Labute approximate surface area is 127 Å². The Morgan fingerprint density at radius 2 is 2.00 bits per heavy atom. The van der Waals surface area contributed by atoms with Crippen LogP contribution in [0, 0.1) is 0 Å². The Hall–Kier alpha value is -3.02. The molecule has 0 fully saturated rings. The van der Waals surface area contributed by atoms with Crippen LogP contribution in [0.2, 0.25) is 0 Å². The molecule has 2 heterocycles. The van der Waals surface area contributed by atoms with Gasteiger partial charge in [0.2, 0.25) is 0 Å². The number of nitrogens with zero attached hydrogens (tertiary/aromatic N) is 4. The number of hydrogen-bond donors (Lipinski definition) is 0. The molecular formula is C16H14N4O2. The van der Waals surface area contributed by atoms with Gasteiger partial charge in [-0.15, -0.1) is 5.10 Å². The zero-order valence-corrected chi connectivity index (χ0v) is 12.0. The van der Waals surface area contributed by atoms with E-state index in [2.05, 4.69) is 15.3 Å². The first-order valence-electron chi connectivity index (χ1n) is 6.83. The highest BCUT2D eigenvalue weighted by Crippen LogP contribution is 2.17. The number of esters is 1. The van der Waals surface area contributed by atoms with Gasteiger partial charge in [0.15, 0.2) is 0 Å². The molecule has 6 heteroatoms. The van der Waals surface area contributed by atoms with Crippen LogP contribution in [0.3, 0.4) is 0 Å². The minimum Gasteiger partial charge on any atom is -0.452 e. The molecule has 3 aromatic rings. The second-order valence-electron chi connectivity index (χ2n) is 4.71. The van der Waals surface area contributed by atoms with Crippen LogP contribution in [-0.4, -0.2) is 25.9 Å². The third-order valence-corrected chi connectivity index (χ3v) is 3.13. The van der Waals surface area contributed by atoms with E-state index in [-0.39, 0.29) is 0 Å². The molecule has 3 rings (SSSR count). The van der Waals surface area contributed by atoms with Crippen molar-refractivity contribution in [1.82, 2.24) is 20.0 Å². The SMILES string of the molecule is CC(OC(=O)c1cccnc1)c1cn(-c2ccccc2)nn1. The Balaban J connectivity index is 1.72. The van der Waals surface area contributed by atoms with Gasteiger partial charge in [-0.2, -0.15) is 0 Å². The van der Waals surface area contributed by atoms with Crippen LogP contribution < -0.4 is 0 Å². The van der Waals surface area contributed by atoms with Gasteiger partial charge in [-0.25, -0.2) is 9.48 Å². The fourth-order valence-corrected chi connectivity index (χ4v) is 1.94. The van der Waals surface area contributed by atoms with Crippen molar-refractivity contribution in [3.8, 4) is 5.69 Å². The maximum Gasteiger partial charge on any atom is 0.340 e. The van der Waals surface area contributed by atoms with Crippen LogP contribution in [0.1, 0.15) is 29.1 Å². The zero-order valence-electron chi connectivity index (χ0n) is 12.0. The molecule has 0 saturated carbocycles. The topological polar surface area (TPSA) is 69.9 Å². The van der Waals surface area contributed by atoms with Crippen LogP contribution >= 0.6 is 0 Å². The number of hydrogen-bond acceptors (Lipinski definition) is 5. The first kappa shape index (κ1) is 13.9. The van der Waals surface area contributed by atoms with Crippen molar-refractivity contribution in [3.05, 3.63) is 72.3 Å². The lowest BCUT2D eigenvalue weighted by Gasteiger charge is -2.09. The summed E-state index contributed by atoms with van der Waals surface area (Å²) in [5.41, 5.74) is 1.89. The van der Waals surface area contributed by atoms with Crippen LogP contribution in [-0.2, 0) is 4.74 Å². The van der Waals surface area contributed by atoms with Crippen LogP contribution in [0.25, 0.3) is 5.69 Å². The monoisotopic (exact) mass is 294 g/mol. The fourth-order valence-electron chi connectivity index (χ4n) is 1.94. The first-order valence-corrected chi connectivity index (χ1v) is 6.83. The maximum atomic E-state index is 12.0. The predicted molar refractivity (Wildman–Crippen MR) is 79.4 cm³/mol. The molecule has 0 saturated heterocycles. The van der Waals surface area contributed by atoms with Crippen molar-refractivity contribution in [2.45, 2.75) is 13.0 Å². The lowest BCUT2D eigenvalue weighted by molar-refractivity contribution is 0.0328. The van der Waals surface area contributed by atoms with Crippen molar-refractivity contribution < 1.29 is 9.53 Å². The van der Waals surface area contributed by atoms with Gasteiger partial charge in [-0.1, -0.05) is 23.4 Å². The van der Waals surface area contributed by atoms with Gasteiger partial charge in [0, 0.05) is 12.4 Å². The summed E-state index contributed by atoms with van der Waals surface area (Å²) in [5.74, 6) is -0.435. The molecule has 110 valence electrons. The second kappa shape index (κ2) is 6.17. The Morgan fingerprint density at radius 3 is 2.73 bits per heavy atom. The Kier molecular flexibility index (Phi) is 3.91. The smallest absolute Gasteiger partial charge is 0.340 e. The molecule has 0 amide bonds. The van der Waals surface area contributed by atoms with E-state index in [1.165, 1.54) is 6.20 Å². The van der Waals surface area contributed by atoms with Gasteiger partial charge in [-0.3, -0.25) is 4.98 Å². The minimum absolute atomic E-state index is 0.407. The number of pyridine rings is 1. The van der Waals surface area contributed by atoms with Gasteiger partial charge < -0.3 is 4.74 Å². The standard InChI is InChI=1S/C16H14N4O2/c1-12(22-16(21)13-6-5-9-17-10-13)15-11-20(19-18-15)14-7-3-2-4-8-14/h2-12H,1H3. The van der Waals surface area contributed by atoms with Crippen LogP contribution in [0.15, 0.2) is 61.1 Å². The molecule has 1 unspecified atom stereocenters. The van der Waals surface area contributed by atoms with E-state index >= 15 is 0 Å². The van der Waals surface area contributed by atoms with Gasteiger partial charge in [0.05, 0.1) is 17.4 Å². The lowest BCUT2D eigenvalue weighted by Crippen LogP contribution is -2.09. The summed E-state index contributed by atoms with van der Waals surface area (Å²) in [6.45, 7) is 1.76. The van der Waals surface area contributed by atoms with Crippen LogP contribution in [0.4, 0.5) is 0 Å². The predicted octanol–water partition coefficient (Wildman–Crippen LogP) is 2.58. The first-order chi connectivity index (χ1) is 10.7. The third kappa shape index (κ3) is 3.01. The normalized spacial score (nSPS) is 11.9. The molecule has 22 heavy (non-hydrogen) atoms. The lowest BCUT2D eigenvalue weighted by atomic mass is 10.2. The van der Waals surface area contributed by atoms with E-state index in [4.69, 9.17) is 4.74 Å². The fraction of sp³-hybridized carbons (Fsp3) is 0.125. The number of rotatable bonds is 4. The maximum absolute atomic E-state index is 12.0. The molecule has 0 radical (unpaired) electrons. The van der Waals surface area contributed by atoms with E-state index in [0.29, 0.717) is 11.3 Å². The molecule has 0 aliphatic rings. The molecule has 0 spiro atoms. The van der Waals surface area contributed by atoms with E-state index in [1.807, 2.05) is 30.3 Å². The second-order valence-corrected chi connectivity index (χ2v) is 4.71. The van der Waals surface area contributed by atoms with Crippen molar-refractivity contribution in [2.24, 2.45) is 0 Å². The largest absolute Gasteiger partial charge is 0.452 e. The van der Waals surface area contributed by atoms with Crippen LogP contribution in [0.5, 0.6) is 0 Å². The molecule has 1 atom stereocenters. The van der Waals surface area contributed by atoms with Crippen molar-refractivity contribution in [1.29, 1.82) is 0 Å². The average Bonchev–Trinajstić information content (AvgIpc) is 3.06. The number of carbonyl (C=O) groups excluding carboxylic acids is 1. The summed E-state index contributed by atoms with van der Waals surface area (Å²) in [6.07, 6.45) is 4.32. The Morgan fingerprint density at radius 1 is 1.18 bits per heavy atom. The van der Waals surface area contributed by atoms with Crippen molar-refractivity contribution in [2.75, 3.05) is 0 Å². The average molecular weight is 294 g/mol. The van der Waals surface area contributed by atoms with E-state index in [0.717, 1.165) is 5.69 Å². The summed E-state index contributed by atoms with van der Waals surface area (Å²) >= 11 is 0. The number of benzene rings is 1. The third-order valence-electron chi connectivity index (χ3n) is 3.13. The number of para-hydroxylation sites is 1. The summed E-state index contributed by atoms with van der Waals surface area (Å²) in [7, 11) is 0. The minimum atomic E-state index is -0.495. The molecule has 6 nitrogen and oxygen atoms in total. The van der Waals surface area contributed by atoms with Gasteiger partial charge in [0.25, 0.3) is 0 Å². The van der Waals surface area contributed by atoms with E-state index in [1.54, 1.807) is 36.1 Å².